The van der Waals surface area contributed by atoms with Crippen LogP contribution in [-0.4, -0.2) is 38.5 Å². The molecule has 126 valence electrons. The van der Waals surface area contributed by atoms with Crippen LogP contribution in [0.2, 0.25) is 0 Å². The van der Waals surface area contributed by atoms with Crippen LogP contribution in [0.4, 0.5) is 13.2 Å². The van der Waals surface area contributed by atoms with E-state index in [-0.39, 0.29) is 23.4 Å². The van der Waals surface area contributed by atoms with Gasteiger partial charge in [0.2, 0.25) is 11.1 Å². The maximum absolute atomic E-state index is 12.5. The Morgan fingerprint density at radius 2 is 2.13 bits per heavy atom. The Labute approximate surface area is 133 Å². The van der Waals surface area contributed by atoms with Crippen molar-refractivity contribution < 1.29 is 22.4 Å². The van der Waals surface area contributed by atoms with Crippen molar-refractivity contribution in [3.63, 3.8) is 0 Å². The van der Waals surface area contributed by atoms with Gasteiger partial charge in [-0.05, 0) is 19.1 Å². The lowest BCUT2D eigenvalue weighted by Gasteiger charge is -2.15. The molecule has 0 saturated heterocycles. The van der Waals surface area contributed by atoms with Gasteiger partial charge >= 0.3 is 6.18 Å². The molecular weight excluding hydrogens is 335 g/mol. The molecule has 2 aromatic heterocycles. The van der Waals surface area contributed by atoms with Gasteiger partial charge in [-0.25, -0.2) is 4.68 Å². The monoisotopic (exact) mass is 349 g/mol. The second kappa shape index (κ2) is 6.52. The number of alkyl halides is 3. The maximum Gasteiger partial charge on any atom is 0.453 e. The second-order valence-corrected chi connectivity index (χ2v) is 5.67. The van der Waals surface area contributed by atoms with Crippen LogP contribution in [0.25, 0.3) is 0 Å². The van der Waals surface area contributed by atoms with Crippen molar-refractivity contribution in [1.29, 1.82) is 0 Å². The SMILES string of the molecule is Cc1ccc(CN(C)C(=O)CSc2nnc(C(F)(F)F)n2N)o1. The van der Waals surface area contributed by atoms with Gasteiger partial charge in [-0.3, -0.25) is 4.79 Å². The smallest absolute Gasteiger partial charge is 0.453 e. The molecular formula is C12H14F3N5O2S. The van der Waals surface area contributed by atoms with E-state index in [4.69, 9.17) is 10.3 Å². The van der Waals surface area contributed by atoms with E-state index in [1.54, 1.807) is 26.1 Å². The first-order chi connectivity index (χ1) is 10.7. The highest BCUT2D eigenvalue weighted by Gasteiger charge is 2.38. The molecule has 0 fully saturated rings. The Morgan fingerprint density at radius 3 is 2.65 bits per heavy atom. The fourth-order valence-corrected chi connectivity index (χ4v) is 2.49. The molecule has 0 atom stereocenters. The average molecular weight is 349 g/mol. The van der Waals surface area contributed by atoms with Gasteiger partial charge in [0.05, 0.1) is 12.3 Å². The molecule has 2 aromatic rings. The molecule has 0 aliphatic carbocycles. The second-order valence-electron chi connectivity index (χ2n) is 4.72. The van der Waals surface area contributed by atoms with E-state index in [0.29, 0.717) is 10.4 Å². The Hall–Kier alpha value is -2.17. The Morgan fingerprint density at radius 1 is 1.43 bits per heavy atom. The van der Waals surface area contributed by atoms with Crippen molar-refractivity contribution in [3.05, 3.63) is 29.5 Å². The van der Waals surface area contributed by atoms with Gasteiger partial charge in [0, 0.05) is 7.05 Å². The summed E-state index contributed by atoms with van der Waals surface area (Å²) in [6.45, 7) is 2.05. The number of amides is 1. The number of hydrogen-bond donors (Lipinski definition) is 1. The highest BCUT2D eigenvalue weighted by molar-refractivity contribution is 7.99. The molecule has 0 unspecified atom stereocenters. The lowest BCUT2D eigenvalue weighted by atomic mass is 10.4. The minimum atomic E-state index is -4.70. The van der Waals surface area contributed by atoms with Gasteiger partial charge in [-0.2, -0.15) is 13.2 Å². The average Bonchev–Trinajstić information content (AvgIpc) is 3.01. The Kier molecular flexibility index (Phi) is 4.88. The predicted molar refractivity (Wildman–Crippen MR) is 75.8 cm³/mol. The normalized spacial score (nSPS) is 11.7. The van der Waals surface area contributed by atoms with Crippen molar-refractivity contribution in [2.45, 2.75) is 24.8 Å². The molecule has 11 heteroatoms. The number of furan rings is 1. The van der Waals surface area contributed by atoms with Crippen LogP contribution in [-0.2, 0) is 17.5 Å². The van der Waals surface area contributed by atoms with E-state index >= 15 is 0 Å². The molecule has 7 nitrogen and oxygen atoms in total. The first-order valence-electron chi connectivity index (χ1n) is 6.38. The predicted octanol–water partition coefficient (Wildman–Crippen LogP) is 1.66. The van der Waals surface area contributed by atoms with Crippen LogP contribution >= 0.6 is 11.8 Å². The summed E-state index contributed by atoms with van der Waals surface area (Å²) in [5.74, 6) is 4.89. The fourth-order valence-electron chi connectivity index (χ4n) is 1.70. The number of carbonyl (C=O) groups is 1. The van der Waals surface area contributed by atoms with Gasteiger partial charge in [-0.1, -0.05) is 11.8 Å². The topological polar surface area (TPSA) is 90.2 Å². The third kappa shape index (κ3) is 4.18. The quantitative estimate of drug-likeness (QED) is 0.652. The zero-order valence-electron chi connectivity index (χ0n) is 12.3. The molecule has 0 spiro atoms. The minimum absolute atomic E-state index is 0.122. The maximum atomic E-state index is 12.5. The Bertz CT molecular complexity index is 697. The lowest BCUT2D eigenvalue weighted by Crippen LogP contribution is -2.28. The van der Waals surface area contributed by atoms with Gasteiger partial charge in [0.1, 0.15) is 11.5 Å². The summed E-state index contributed by atoms with van der Waals surface area (Å²) in [6.07, 6.45) is -4.70. The third-order valence-corrected chi connectivity index (χ3v) is 3.79. The molecule has 0 bridgehead atoms. The molecule has 0 aliphatic heterocycles. The van der Waals surface area contributed by atoms with E-state index in [2.05, 4.69) is 10.2 Å². The lowest BCUT2D eigenvalue weighted by molar-refractivity contribution is -0.146. The molecule has 0 aliphatic rings. The van der Waals surface area contributed by atoms with Gasteiger partial charge in [0.25, 0.3) is 5.82 Å². The van der Waals surface area contributed by atoms with Crippen LogP contribution in [0.3, 0.4) is 0 Å². The largest absolute Gasteiger partial charge is 0.464 e. The van der Waals surface area contributed by atoms with Crippen LogP contribution in [0.15, 0.2) is 21.7 Å². The molecule has 1 amide bonds. The summed E-state index contributed by atoms with van der Waals surface area (Å²) in [5, 5.41) is 6.14. The molecule has 2 heterocycles. The summed E-state index contributed by atoms with van der Waals surface area (Å²) in [5.41, 5.74) is 0. The first-order valence-corrected chi connectivity index (χ1v) is 7.37. The number of aryl methyl sites for hydroxylation is 1. The van der Waals surface area contributed by atoms with Gasteiger partial charge in [0.15, 0.2) is 0 Å². The molecule has 2 rings (SSSR count). The number of hydrogen-bond acceptors (Lipinski definition) is 6. The number of thioether (sulfide) groups is 1. The number of rotatable bonds is 5. The summed E-state index contributed by atoms with van der Waals surface area (Å²) in [4.78, 5) is 13.4. The number of halogens is 3. The van der Waals surface area contributed by atoms with Crippen LogP contribution in [0.1, 0.15) is 17.3 Å². The summed E-state index contributed by atoms with van der Waals surface area (Å²) >= 11 is 0.779. The third-order valence-electron chi connectivity index (χ3n) is 2.86. The standard InChI is InChI=1S/C12H14F3N5O2S/c1-7-3-4-8(22-7)5-19(2)9(21)6-23-11-18-17-10(20(11)16)12(13,14)15/h3-4H,5-6,16H2,1-2H3. The minimum Gasteiger partial charge on any atom is -0.464 e. The number of nitrogens with zero attached hydrogens (tertiary/aromatic N) is 4. The van der Waals surface area contributed by atoms with Crippen molar-refractivity contribution >= 4 is 17.7 Å². The number of nitrogens with two attached hydrogens (primary N) is 1. The number of nitrogen functional groups attached to an aromatic ring is 1. The van der Waals surface area contributed by atoms with E-state index < -0.39 is 12.0 Å². The van der Waals surface area contributed by atoms with Crippen molar-refractivity contribution in [3.8, 4) is 0 Å². The van der Waals surface area contributed by atoms with Crippen molar-refractivity contribution in [2.75, 3.05) is 18.6 Å². The fraction of sp³-hybridized carbons (Fsp3) is 0.417. The van der Waals surface area contributed by atoms with E-state index in [1.165, 1.54) is 4.90 Å². The van der Waals surface area contributed by atoms with E-state index in [1.807, 2.05) is 0 Å². The zero-order chi connectivity index (χ0) is 17.2. The Balaban J connectivity index is 1.93. The van der Waals surface area contributed by atoms with Gasteiger partial charge < -0.3 is 15.2 Å². The molecule has 23 heavy (non-hydrogen) atoms. The molecule has 0 saturated carbocycles. The number of carbonyl (C=O) groups excluding carboxylic acids is 1. The van der Waals surface area contributed by atoms with E-state index in [9.17, 15) is 18.0 Å². The highest BCUT2D eigenvalue weighted by atomic mass is 32.2. The molecule has 2 N–H and O–H groups in total. The summed E-state index contributed by atoms with van der Waals surface area (Å²) in [6, 6.07) is 3.52. The van der Waals surface area contributed by atoms with E-state index in [0.717, 1.165) is 17.5 Å². The highest BCUT2D eigenvalue weighted by Crippen LogP contribution is 2.28. The molecule has 0 radical (unpaired) electrons. The molecule has 0 aromatic carbocycles. The van der Waals surface area contributed by atoms with Crippen LogP contribution in [0, 0.1) is 6.92 Å². The van der Waals surface area contributed by atoms with Crippen LogP contribution < -0.4 is 5.84 Å². The first kappa shape index (κ1) is 17.2. The zero-order valence-corrected chi connectivity index (χ0v) is 13.1. The van der Waals surface area contributed by atoms with Crippen molar-refractivity contribution in [1.82, 2.24) is 19.8 Å². The van der Waals surface area contributed by atoms with Crippen LogP contribution in [0.5, 0.6) is 0 Å². The number of aromatic nitrogens is 3. The summed E-state index contributed by atoms with van der Waals surface area (Å²) < 4.78 is 43.3. The van der Waals surface area contributed by atoms with Crippen molar-refractivity contribution in [2.24, 2.45) is 0 Å². The summed E-state index contributed by atoms with van der Waals surface area (Å²) in [7, 11) is 1.56. The van der Waals surface area contributed by atoms with Gasteiger partial charge in [-0.15, -0.1) is 10.2 Å².